The molecule has 1 aromatic carbocycles. The smallest absolute Gasteiger partial charge is 0.365 e. The number of fused-ring (bicyclic) bond motifs is 1. The quantitative estimate of drug-likeness (QED) is 0.735. The number of thioether (sulfide) groups is 1. The fourth-order valence-electron chi connectivity index (χ4n) is 2.77. The van der Waals surface area contributed by atoms with E-state index in [0.717, 1.165) is 12.1 Å². The standard InChI is InChI=1S/C17H14F3N5OS/c18-17(19,20)11-3-1-2-10(8-11)12-4-5-14-22-9-13(25(14)24-12)15(26)23-16-21-6-7-27-16/h1-9,14,16,21-22H,(H,23,26). The summed E-state index contributed by atoms with van der Waals surface area (Å²) in [5.41, 5.74) is -0.0749. The third-order valence-corrected chi connectivity index (χ3v) is 4.88. The van der Waals surface area contributed by atoms with Crippen molar-refractivity contribution < 1.29 is 18.0 Å². The van der Waals surface area contributed by atoms with Gasteiger partial charge in [-0.05, 0) is 29.7 Å². The number of nitrogens with one attached hydrogen (secondary N) is 3. The summed E-state index contributed by atoms with van der Waals surface area (Å²) in [7, 11) is 0. The molecule has 0 saturated heterocycles. The van der Waals surface area contributed by atoms with Crippen LogP contribution in [-0.4, -0.2) is 28.3 Å². The largest absolute Gasteiger partial charge is 0.416 e. The Morgan fingerprint density at radius 1 is 1.30 bits per heavy atom. The number of amides is 1. The fraction of sp³-hybridized carbons (Fsp3) is 0.176. The zero-order valence-electron chi connectivity index (χ0n) is 13.7. The number of hydrazone groups is 1. The van der Waals surface area contributed by atoms with Gasteiger partial charge in [0.2, 0.25) is 0 Å². The summed E-state index contributed by atoms with van der Waals surface area (Å²) in [6, 6.07) is 4.94. The van der Waals surface area contributed by atoms with Crippen LogP contribution in [0.25, 0.3) is 0 Å². The minimum atomic E-state index is -4.43. The first-order valence-corrected chi connectivity index (χ1v) is 8.93. The molecule has 0 fully saturated rings. The molecule has 3 heterocycles. The van der Waals surface area contributed by atoms with Crippen molar-refractivity contribution in [3.63, 3.8) is 0 Å². The van der Waals surface area contributed by atoms with E-state index in [9.17, 15) is 18.0 Å². The van der Waals surface area contributed by atoms with E-state index in [2.05, 4.69) is 21.1 Å². The first kappa shape index (κ1) is 17.5. The maximum atomic E-state index is 13.0. The molecule has 2 unspecified atom stereocenters. The van der Waals surface area contributed by atoms with Gasteiger partial charge in [-0.3, -0.25) is 4.79 Å². The molecule has 6 nitrogen and oxygen atoms in total. The highest BCUT2D eigenvalue weighted by atomic mass is 32.2. The number of carbonyl (C=O) groups excluding carboxylic acids is 1. The Balaban J connectivity index is 1.56. The van der Waals surface area contributed by atoms with Crippen LogP contribution in [0.1, 0.15) is 11.1 Å². The van der Waals surface area contributed by atoms with Crippen LogP contribution >= 0.6 is 11.8 Å². The molecule has 10 heteroatoms. The lowest BCUT2D eigenvalue weighted by molar-refractivity contribution is -0.137. The molecule has 0 bridgehead atoms. The second kappa shape index (κ2) is 6.69. The van der Waals surface area contributed by atoms with Gasteiger partial charge in [0.25, 0.3) is 5.91 Å². The van der Waals surface area contributed by atoms with Crippen LogP contribution in [0, 0.1) is 0 Å². The Morgan fingerprint density at radius 3 is 2.89 bits per heavy atom. The summed E-state index contributed by atoms with van der Waals surface area (Å²) in [4.78, 5) is 12.5. The lowest BCUT2D eigenvalue weighted by atomic mass is 10.1. The SMILES string of the molecule is O=C(NC1NC=CS1)C1=CNC2C=CC(c3cccc(C(F)(F)F)c3)=NN12. The van der Waals surface area contributed by atoms with Crippen molar-refractivity contribution in [3.05, 3.63) is 71.0 Å². The summed E-state index contributed by atoms with van der Waals surface area (Å²) >= 11 is 1.41. The highest BCUT2D eigenvalue weighted by Gasteiger charge is 2.33. The van der Waals surface area contributed by atoms with Crippen molar-refractivity contribution in [1.82, 2.24) is 21.0 Å². The molecular formula is C17H14F3N5OS. The number of halogens is 3. The van der Waals surface area contributed by atoms with Crippen molar-refractivity contribution >= 4 is 23.4 Å². The van der Waals surface area contributed by atoms with Crippen LogP contribution in [0.15, 0.2) is 65.0 Å². The Labute approximate surface area is 156 Å². The molecule has 2 atom stereocenters. The number of alkyl halides is 3. The van der Waals surface area contributed by atoms with Crippen LogP contribution < -0.4 is 16.0 Å². The number of hydrogen-bond donors (Lipinski definition) is 3. The predicted octanol–water partition coefficient (Wildman–Crippen LogP) is 2.26. The Hall–Kier alpha value is -2.88. The van der Waals surface area contributed by atoms with Gasteiger partial charge in [0.15, 0.2) is 5.50 Å². The fourth-order valence-corrected chi connectivity index (χ4v) is 3.41. The molecule has 3 N–H and O–H groups in total. The number of allylic oxidation sites excluding steroid dienone is 1. The van der Waals surface area contributed by atoms with Gasteiger partial charge in [0.1, 0.15) is 11.9 Å². The summed E-state index contributed by atoms with van der Waals surface area (Å²) in [5.74, 6) is -0.346. The van der Waals surface area contributed by atoms with E-state index in [4.69, 9.17) is 0 Å². The number of carbonyl (C=O) groups is 1. The molecule has 4 rings (SSSR count). The number of rotatable bonds is 3. The lowest BCUT2D eigenvalue weighted by Gasteiger charge is -2.26. The van der Waals surface area contributed by atoms with E-state index in [-0.39, 0.29) is 23.3 Å². The summed E-state index contributed by atoms with van der Waals surface area (Å²) in [6.45, 7) is 0. The predicted molar refractivity (Wildman–Crippen MR) is 95.8 cm³/mol. The molecule has 0 saturated carbocycles. The van der Waals surface area contributed by atoms with Crippen LogP contribution in [0.2, 0.25) is 0 Å². The lowest BCUT2D eigenvalue weighted by Crippen LogP contribution is -2.43. The average Bonchev–Trinajstić information content (AvgIpc) is 3.30. The van der Waals surface area contributed by atoms with Crippen LogP contribution in [0.5, 0.6) is 0 Å². The van der Waals surface area contributed by atoms with E-state index in [1.165, 1.54) is 29.0 Å². The molecule has 0 aliphatic carbocycles. The van der Waals surface area contributed by atoms with E-state index in [0.29, 0.717) is 11.3 Å². The van der Waals surface area contributed by atoms with E-state index < -0.39 is 11.7 Å². The Bertz CT molecular complexity index is 885. The zero-order chi connectivity index (χ0) is 19.0. The molecular weight excluding hydrogens is 379 g/mol. The van der Waals surface area contributed by atoms with Gasteiger partial charge in [-0.25, -0.2) is 5.01 Å². The minimum absolute atomic E-state index is 0.273. The first-order valence-electron chi connectivity index (χ1n) is 7.99. The van der Waals surface area contributed by atoms with Gasteiger partial charge in [0, 0.05) is 18.0 Å². The maximum absolute atomic E-state index is 13.0. The second-order valence-electron chi connectivity index (χ2n) is 5.87. The van der Waals surface area contributed by atoms with Crippen LogP contribution in [0.4, 0.5) is 13.2 Å². The highest BCUT2D eigenvalue weighted by Crippen LogP contribution is 2.30. The molecule has 1 aromatic rings. The van der Waals surface area contributed by atoms with Gasteiger partial charge in [-0.15, -0.1) is 0 Å². The number of benzene rings is 1. The summed E-state index contributed by atoms with van der Waals surface area (Å²) in [5, 5.41) is 16.4. The monoisotopic (exact) mass is 393 g/mol. The minimum Gasteiger partial charge on any atom is -0.365 e. The summed E-state index contributed by atoms with van der Waals surface area (Å²) in [6.07, 6.45) is 1.85. The van der Waals surface area contributed by atoms with E-state index in [1.807, 2.05) is 5.41 Å². The first-order chi connectivity index (χ1) is 12.9. The number of hydrogen-bond acceptors (Lipinski definition) is 6. The normalized spacial score (nSPS) is 23.3. The average molecular weight is 393 g/mol. The second-order valence-corrected chi connectivity index (χ2v) is 6.88. The molecule has 140 valence electrons. The summed E-state index contributed by atoms with van der Waals surface area (Å²) < 4.78 is 38.9. The zero-order valence-corrected chi connectivity index (χ0v) is 14.5. The molecule has 3 aliphatic heterocycles. The number of nitrogens with zero attached hydrogens (tertiary/aromatic N) is 2. The molecule has 0 aromatic heterocycles. The van der Waals surface area contributed by atoms with Crippen molar-refractivity contribution in [2.45, 2.75) is 17.8 Å². The van der Waals surface area contributed by atoms with Crippen molar-refractivity contribution in [2.75, 3.05) is 0 Å². The maximum Gasteiger partial charge on any atom is 0.416 e. The van der Waals surface area contributed by atoms with Gasteiger partial charge in [0.05, 0.1) is 11.3 Å². The van der Waals surface area contributed by atoms with E-state index in [1.54, 1.807) is 24.4 Å². The van der Waals surface area contributed by atoms with Crippen molar-refractivity contribution in [1.29, 1.82) is 0 Å². The topological polar surface area (TPSA) is 68.8 Å². The van der Waals surface area contributed by atoms with Crippen LogP contribution in [-0.2, 0) is 11.0 Å². The molecule has 0 radical (unpaired) electrons. The Kier molecular flexibility index (Phi) is 4.34. The van der Waals surface area contributed by atoms with Gasteiger partial charge in [-0.2, -0.15) is 18.3 Å². The van der Waals surface area contributed by atoms with Gasteiger partial charge in [-0.1, -0.05) is 23.9 Å². The van der Waals surface area contributed by atoms with Crippen LogP contribution in [0.3, 0.4) is 0 Å². The van der Waals surface area contributed by atoms with Gasteiger partial charge >= 0.3 is 6.18 Å². The van der Waals surface area contributed by atoms with Crippen molar-refractivity contribution in [2.24, 2.45) is 5.10 Å². The highest BCUT2D eigenvalue weighted by molar-refractivity contribution is 8.02. The van der Waals surface area contributed by atoms with Gasteiger partial charge < -0.3 is 16.0 Å². The third kappa shape index (κ3) is 3.52. The molecule has 0 spiro atoms. The van der Waals surface area contributed by atoms with E-state index >= 15 is 0 Å². The van der Waals surface area contributed by atoms with Crippen molar-refractivity contribution in [3.8, 4) is 0 Å². The molecule has 1 amide bonds. The Morgan fingerprint density at radius 2 is 2.15 bits per heavy atom. The molecule has 27 heavy (non-hydrogen) atoms. The molecule has 3 aliphatic rings. The third-order valence-electron chi connectivity index (χ3n) is 4.06.